The van der Waals surface area contributed by atoms with Gasteiger partial charge in [0, 0.05) is 26.2 Å². The number of nitrogens with two attached hydrogens (primary N) is 1. The minimum Gasteiger partial charge on any atom is -0.397 e. The molecule has 21 heavy (non-hydrogen) atoms. The molecule has 1 atom stereocenters. The van der Waals surface area contributed by atoms with Crippen LogP contribution in [0.25, 0.3) is 0 Å². The number of hydrogen-bond donors (Lipinski definition) is 3. The summed E-state index contributed by atoms with van der Waals surface area (Å²) in [5.74, 6) is -0.222. The topological polar surface area (TPSA) is 78.6 Å². The molecule has 5 heteroatoms. The van der Waals surface area contributed by atoms with Gasteiger partial charge in [-0.1, -0.05) is 20.8 Å². The van der Waals surface area contributed by atoms with Crippen LogP contribution >= 0.6 is 0 Å². The highest BCUT2D eigenvalue weighted by Gasteiger charge is 2.17. The van der Waals surface area contributed by atoms with Gasteiger partial charge in [0.15, 0.2) is 0 Å². The van der Waals surface area contributed by atoms with Gasteiger partial charge in [-0.2, -0.15) is 0 Å². The van der Waals surface area contributed by atoms with Gasteiger partial charge in [-0.05, 0) is 30.0 Å². The van der Waals surface area contributed by atoms with Crippen molar-refractivity contribution in [3.63, 3.8) is 0 Å². The van der Waals surface area contributed by atoms with E-state index in [1.807, 2.05) is 25.1 Å². The number of hydrogen-bond acceptors (Lipinski definition) is 4. The van der Waals surface area contributed by atoms with Crippen LogP contribution in [0.15, 0.2) is 18.2 Å². The molecule has 1 aromatic rings. The van der Waals surface area contributed by atoms with Crippen molar-refractivity contribution < 1.29 is 9.90 Å². The SMILES string of the molecule is CN(C)c1ccc(C(=O)NCC(O)CC(C)(C)C)cc1N. The number of aliphatic hydroxyl groups is 1. The smallest absolute Gasteiger partial charge is 0.251 e. The zero-order chi connectivity index (χ0) is 16.2. The molecule has 4 N–H and O–H groups in total. The molecule has 1 amide bonds. The lowest BCUT2D eigenvalue weighted by atomic mass is 9.89. The predicted molar refractivity (Wildman–Crippen MR) is 87.6 cm³/mol. The molecule has 0 radical (unpaired) electrons. The van der Waals surface area contributed by atoms with E-state index >= 15 is 0 Å². The third kappa shape index (κ3) is 5.63. The van der Waals surface area contributed by atoms with E-state index in [-0.39, 0.29) is 17.9 Å². The second kappa shape index (κ2) is 6.80. The highest BCUT2D eigenvalue weighted by atomic mass is 16.3. The molecule has 0 bridgehead atoms. The molecule has 1 unspecified atom stereocenters. The zero-order valence-electron chi connectivity index (χ0n) is 13.6. The van der Waals surface area contributed by atoms with Crippen LogP contribution in [0.1, 0.15) is 37.6 Å². The number of nitrogen functional groups attached to an aromatic ring is 1. The Bertz CT molecular complexity index is 493. The maximum Gasteiger partial charge on any atom is 0.251 e. The van der Waals surface area contributed by atoms with E-state index in [1.54, 1.807) is 12.1 Å². The van der Waals surface area contributed by atoms with Crippen molar-refractivity contribution in [1.82, 2.24) is 5.32 Å². The third-order valence-electron chi connectivity index (χ3n) is 3.12. The lowest BCUT2D eigenvalue weighted by Crippen LogP contribution is -2.34. The van der Waals surface area contributed by atoms with Crippen molar-refractivity contribution in [1.29, 1.82) is 0 Å². The summed E-state index contributed by atoms with van der Waals surface area (Å²) in [6, 6.07) is 5.20. The molecule has 0 spiro atoms. The first-order chi connectivity index (χ1) is 9.60. The van der Waals surface area contributed by atoms with Gasteiger partial charge < -0.3 is 21.1 Å². The van der Waals surface area contributed by atoms with Gasteiger partial charge in [0.25, 0.3) is 5.91 Å². The highest BCUT2D eigenvalue weighted by Crippen LogP contribution is 2.22. The van der Waals surface area contributed by atoms with Crippen LogP contribution in [0, 0.1) is 5.41 Å². The van der Waals surface area contributed by atoms with Crippen molar-refractivity contribution in [2.75, 3.05) is 31.3 Å². The number of carbonyl (C=O) groups excluding carboxylic acids is 1. The number of aliphatic hydroxyl groups excluding tert-OH is 1. The molecule has 0 saturated heterocycles. The van der Waals surface area contributed by atoms with E-state index in [4.69, 9.17) is 5.73 Å². The lowest BCUT2D eigenvalue weighted by Gasteiger charge is -2.22. The Morgan fingerprint density at radius 2 is 2.00 bits per heavy atom. The molecule has 0 aromatic heterocycles. The molecule has 0 heterocycles. The summed E-state index contributed by atoms with van der Waals surface area (Å²) in [6.07, 6.45) is 0.0852. The van der Waals surface area contributed by atoms with Crippen molar-refractivity contribution in [2.24, 2.45) is 5.41 Å². The highest BCUT2D eigenvalue weighted by molar-refractivity contribution is 5.96. The van der Waals surface area contributed by atoms with Crippen LogP contribution in [0.2, 0.25) is 0 Å². The number of amides is 1. The summed E-state index contributed by atoms with van der Waals surface area (Å²) in [7, 11) is 3.79. The van der Waals surface area contributed by atoms with Gasteiger partial charge in [-0.25, -0.2) is 0 Å². The van der Waals surface area contributed by atoms with Crippen molar-refractivity contribution in [2.45, 2.75) is 33.3 Å². The largest absolute Gasteiger partial charge is 0.397 e. The molecule has 0 aliphatic heterocycles. The average Bonchev–Trinajstić information content (AvgIpc) is 2.33. The zero-order valence-corrected chi connectivity index (χ0v) is 13.6. The van der Waals surface area contributed by atoms with Gasteiger partial charge in [0.1, 0.15) is 0 Å². The molecule has 0 aliphatic carbocycles. The first kappa shape index (κ1) is 17.3. The average molecular weight is 293 g/mol. The molecule has 0 aliphatic rings. The standard InChI is InChI=1S/C16H27N3O2/c1-16(2,3)9-12(20)10-18-15(21)11-6-7-14(19(4)5)13(17)8-11/h6-8,12,20H,9-10,17H2,1-5H3,(H,18,21). The van der Waals surface area contributed by atoms with Gasteiger partial charge in [0.05, 0.1) is 17.5 Å². The van der Waals surface area contributed by atoms with Gasteiger partial charge in [-0.15, -0.1) is 0 Å². The van der Waals surface area contributed by atoms with E-state index in [0.717, 1.165) is 5.69 Å². The van der Waals surface area contributed by atoms with Crippen LogP contribution in [0.5, 0.6) is 0 Å². The minimum absolute atomic E-state index is 0.0297. The summed E-state index contributed by atoms with van der Waals surface area (Å²) in [5, 5.41) is 12.6. The number of rotatable bonds is 5. The van der Waals surface area contributed by atoms with Crippen LogP contribution < -0.4 is 16.0 Å². The van der Waals surface area contributed by atoms with Crippen LogP contribution in [-0.2, 0) is 0 Å². The van der Waals surface area contributed by atoms with Crippen molar-refractivity contribution in [3.05, 3.63) is 23.8 Å². The molecule has 0 fully saturated rings. The fraction of sp³-hybridized carbons (Fsp3) is 0.562. The predicted octanol–water partition coefficient (Wildman–Crippen LogP) is 1.86. The first-order valence-electron chi connectivity index (χ1n) is 7.13. The van der Waals surface area contributed by atoms with Gasteiger partial charge in [-0.3, -0.25) is 4.79 Å². The number of nitrogens with one attached hydrogen (secondary N) is 1. The molecule has 1 rings (SSSR count). The Morgan fingerprint density at radius 3 is 2.48 bits per heavy atom. The molecule has 118 valence electrons. The summed E-state index contributed by atoms with van der Waals surface area (Å²) in [4.78, 5) is 13.9. The fourth-order valence-electron chi connectivity index (χ4n) is 2.19. The normalized spacial score (nSPS) is 12.9. The van der Waals surface area contributed by atoms with E-state index < -0.39 is 6.10 Å². The number of carbonyl (C=O) groups is 1. The second-order valence-electron chi connectivity index (χ2n) is 6.80. The van der Waals surface area contributed by atoms with E-state index in [2.05, 4.69) is 26.1 Å². The maximum atomic E-state index is 12.1. The Balaban J connectivity index is 2.62. The monoisotopic (exact) mass is 293 g/mol. The number of anilines is 2. The van der Waals surface area contributed by atoms with Gasteiger partial charge in [0.2, 0.25) is 0 Å². The number of benzene rings is 1. The van der Waals surface area contributed by atoms with Crippen LogP contribution in [-0.4, -0.2) is 37.8 Å². The Hall–Kier alpha value is -1.75. The first-order valence-corrected chi connectivity index (χ1v) is 7.13. The van der Waals surface area contributed by atoms with Gasteiger partial charge >= 0.3 is 0 Å². The summed E-state index contributed by atoms with van der Waals surface area (Å²) in [5.41, 5.74) is 7.89. The van der Waals surface area contributed by atoms with Crippen LogP contribution in [0.3, 0.4) is 0 Å². The quantitative estimate of drug-likeness (QED) is 0.724. The van der Waals surface area contributed by atoms with E-state index in [0.29, 0.717) is 17.7 Å². The summed E-state index contributed by atoms with van der Waals surface area (Å²) < 4.78 is 0. The molecule has 1 aromatic carbocycles. The van der Waals surface area contributed by atoms with Crippen molar-refractivity contribution >= 4 is 17.3 Å². The Kier molecular flexibility index (Phi) is 5.61. The Labute approximate surface area is 127 Å². The maximum absolute atomic E-state index is 12.1. The van der Waals surface area contributed by atoms with E-state index in [1.165, 1.54) is 0 Å². The second-order valence-corrected chi connectivity index (χ2v) is 6.80. The molecular formula is C16H27N3O2. The molecule has 0 saturated carbocycles. The Morgan fingerprint density at radius 1 is 1.38 bits per heavy atom. The summed E-state index contributed by atoms with van der Waals surface area (Å²) >= 11 is 0. The summed E-state index contributed by atoms with van der Waals surface area (Å²) in [6.45, 7) is 6.40. The number of nitrogens with zero attached hydrogens (tertiary/aromatic N) is 1. The van der Waals surface area contributed by atoms with Crippen LogP contribution in [0.4, 0.5) is 11.4 Å². The van der Waals surface area contributed by atoms with E-state index in [9.17, 15) is 9.90 Å². The fourth-order valence-corrected chi connectivity index (χ4v) is 2.19. The minimum atomic E-state index is -0.549. The molecule has 5 nitrogen and oxygen atoms in total. The van der Waals surface area contributed by atoms with Crippen molar-refractivity contribution in [3.8, 4) is 0 Å². The third-order valence-corrected chi connectivity index (χ3v) is 3.12. The molecular weight excluding hydrogens is 266 g/mol. The lowest BCUT2D eigenvalue weighted by molar-refractivity contribution is 0.0868.